The lowest BCUT2D eigenvalue weighted by molar-refractivity contribution is 0.0604. The Morgan fingerprint density at radius 2 is 2.00 bits per heavy atom. The fourth-order valence-electron chi connectivity index (χ4n) is 1.30. The molecule has 0 atom stereocenters. The van der Waals surface area contributed by atoms with Crippen LogP contribution in [0, 0.1) is 0 Å². The Bertz CT molecular complexity index is 400. The van der Waals surface area contributed by atoms with E-state index in [2.05, 4.69) is 0 Å². The van der Waals surface area contributed by atoms with E-state index < -0.39 is 5.97 Å². The molecule has 5 heteroatoms. The topological polar surface area (TPSA) is 76.0 Å². The highest BCUT2D eigenvalue weighted by Crippen LogP contribution is 2.10. The highest BCUT2D eigenvalue weighted by molar-refractivity contribution is 5.91. The molecule has 1 aromatic carbocycles. The second-order valence-corrected chi connectivity index (χ2v) is 3.40. The van der Waals surface area contributed by atoms with Crippen LogP contribution < -0.4 is 0 Å². The average molecular weight is 252 g/mol. The van der Waals surface area contributed by atoms with E-state index in [4.69, 9.17) is 19.7 Å². The molecule has 0 bridgehead atoms. The molecular formula is C13H16O5. The Kier molecular flexibility index (Phi) is 6.53. The molecule has 2 N–H and O–H groups in total. The quantitative estimate of drug-likeness (QED) is 0.540. The molecule has 0 heterocycles. The molecular weight excluding hydrogens is 236 g/mol. The summed E-state index contributed by atoms with van der Waals surface area (Å²) in [7, 11) is 0. The van der Waals surface area contributed by atoms with Crippen LogP contribution in [0.2, 0.25) is 0 Å². The summed E-state index contributed by atoms with van der Waals surface area (Å²) in [5, 5.41) is 17.4. The van der Waals surface area contributed by atoms with Crippen molar-refractivity contribution in [2.24, 2.45) is 0 Å². The molecule has 1 rings (SSSR count). The van der Waals surface area contributed by atoms with Gasteiger partial charge in [0.05, 0.1) is 31.6 Å². The van der Waals surface area contributed by atoms with Gasteiger partial charge in [-0.05, 0) is 17.7 Å². The number of ether oxygens (including phenoxy) is 2. The van der Waals surface area contributed by atoms with E-state index in [0.717, 1.165) is 0 Å². The van der Waals surface area contributed by atoms with Crippen molar-refractivity contribution in [2.45, 2.75) is 0 Å². The van der Waals surface area contributed by atoms with E-state index in [1.807, 2.05) is 0 Å². The highest BCUT2D eigenvalue weighted by atomic mass is 16.5. The van der Waals surface area contributed by atoms with E-state index in [-0.39, 0.29) is 18.8 Å². The number of aliphatic hydroxyl groups is 1. The number of rotatable bonds is 8. The molecule has 0 aromatic heterocycles. The fraction of sp³-hybridized carbons (Fsp3) is 0.308. The number of carbonyl (C=O) groups is 1. The maximum absolute atomic E-state index is 10.9. The predicted molar refractivity (Wildman–Crippen MR) is 66.3 cm³/mol. The number of carboxylic acids is 1. The molecule has 0 fully saturated rings. The molecule has 0 aliphatic rings. The second kappa shape index (κ2) is 8.27. The van der Waals surface area contributed by atoms with Crippen molar-refractivity contribution in [3.8, 4) is 0 Å². The Hall–Kier alpha value is -1.85. The van der Waals surface area contributed by atoms with Gasteiger partial charge in [-0.1, -0.05) is 18.2 Å². The molecule has 0 aliphatic heterocycles. The third kappa shape index (κ3) is 4.99. The minimum Gasteiger partial charge on any atom is -0.499 e. The lowest BCUT2D eigenvalue weighted by Crippen LogP contribution is -2.05. The number of carboxylic acid groups (broad SMARTS) is 1. The number of benzene rings is 1. The smallest absolute Gasteiger partial charge is 0.336 e. The van der Waals surface area contributed by atoms with Crippen molar-refractivity contribution < 1.29 is 24.5 Å². The van der Waals surface area contributed by atoms with Crippen LogP contribution in [-0.2, 0) is 9.47 Å². The van der Waals surface area contributed by atoms with Crippen LogP contribution in [0.1, 0.15) is 15.9 Å². The van der Waals surface area contributed by atoms with E-state index in [1.54, 1.807) is 24.3 Å². The van der Waals surface area contributed by atoms with E-state index in [1.165, 1.54) is 12.3 Å². The maximum Gasteiger partial charge on any atom is 0.336 e. The first-order valence-corrected chi connectivity index (χ1v) is 5.55. The van der Waals surface area contributed by atoms with Gasteiger partial charge in [0, 0.05) is 0 Å². The van der Waals surface area contributed by atoms with E-state index in [9.17, 15) is 4.79 Å². The molecule has 0 unspecified atom stereocenters. The second-order valence-electron chi connectivity index (χ2n) is 3.40. The number of hydrogen-bond donors (Lipinski definition) is 2. The standard InChI is InChI=1S/C13H16O5/c14-6-8-18-10-9-17-7-5-11-3-1-2-4-12(11)13(15)16/h1-5,7,14H,6,8-10H2,(H,15,16)/b7-5+. The molecule has 0 aliphatic carbocycles. The lowest BCUT2D eigenvalue weighted by atomic mass is 10.1. The van der Waals surface area contributed by atoms with Gasteiger partial charge in [-0.25, -0.2) is 4.79 Å². The summed E-state index contributed by atoms with van der Waals surface area (Å²) >= 11 is 0. The Balaban J connectivity index is 2.40. The van der Waals surface area contributed by atoms with Gasteiger partial charge in [0.2, 0.25) is 0 Å². The zero-order valence-corrected chi connectivity index (χ0v) is 9.91. The predicted octanol–water partition coefficient (Wildman–Crippen LogP) is 1.38. The zero-order valence-electron chi connectivity index (χ0n) is 9.91. The molecule has 18 heavy (non-hydrogen) atoms. The molecule has 0 amide bonds. The van der Waals surface area contributed by atoms with Gasteiger partial charge in [-0.2, -0.15) is 0 Å². The third-order valence-corrected chi connectivity index (χ3v) is 2.12. The van der Waals surface area contributed by atoms with Gasteiger partial charge in [-0.15, -0.1) is 0 Å². The number of aromatic carboxylic acids is 1. The normalized spacial score (nSPS) is 10.7. The summed E-state index contributed by atoms with van der Waals surface area (Å²) < 4.78 is 10.1. The third-order valence-electron chi connectivity index (χ3n) is 2.12. The maximum atomic E-state index is 10.9. The first kappa shape index (κ1) is 14.2. The van der Waals surface area contributed by atoms with Crippen molar-refractivity contribution >= 4 is 12.0 Å². The minimum absolute atomic E-state index is 0.0121. The molecule has 0 saturated heterocycles. The van der Waals surface area contributed by atoms with Crippen molar-refractivity contribution in [1.29, 1.82) is 0 Å². The SMILES string of the molecule is O=C(O)c1ccccc1/C=C/OCCOCCO. The Morgan fingerprint density at radius 3 is 2.72 bits per heavy atom. The van der Waals surface area contributed by atoms with Crippen molar-refractivity contribution in [3.63, 3.8) is 0 Å². The molecule has 0 radical (unpaired) electrons. The first-order chi connectivity index (χ1) is 8.75. The average Bonchev–Trinajstić information content (AvgIpc) is 2.38. The van der Waals surface area contributed by atoms with Gasteiger partial charge >= 0.3 is 5.97 Å². The monoisotopic (exact) mass is 252 g/mol. The van der Waals surface area contributed by atoms with Crippen LogP contribution in [-0.4, -0.2) is 42.6 Å². The highest BCUT2D eigenvalue weighted by Gasteiger charge is 2.05. The molecule has 0 saturated carbocycles. The Labute approximate surface area is 105 Å². The van der Waals surface area contributed by atoms with Crippen molar-refractivity contribution in [1.82, 2.24) is 0 Å². The van der Waals surface area contributed by atoms with Gasteiger partial charge in [0.25, 0.3) is 0 Å². The van der Waals surface area contributed by atoms with Crippen LogP contribution in [0.4, 0.5) is 0 Å². The molecule has 0 spiro atoms. The minimum atomic E-state index is -0.971. The summed E-state index contributed by atoms with van der Waals surface area (Å²) in [6.07, 6.45) is 3.03. The summed E-state index contributed by atoms with van der Waals surface area (Å²) in [5.74, 6) is -0.971. The van der Waals surface area contributed by atoms with Gasteiger partial charge in [0.1, 0.15) is 6.61 Å². The van der Waals surface area contributed by atoms with Crippen LogP contribution in [0.25, 0.3) is 6.08 Å². The van der Waals surface area contributed by atoms with Crippen molar-refractivity contribution in [2.75, 3.05) is 26.4 Å². The Morgan fingerprint density at radius 1 is 1.22 bits per heavy atom. The summed E-state index contributed by atoms with van der Waals surface area (Å²) in [5.41, 5.74) is 0.815. The zero-order chi connectivity index (χ0) is 13.2. The lowest BCUT2D eigenvalue weighted by Gasteiger charge is -2.02. The summed E-state index contributed by atoms with van der Waals surface area (Å²) in [4.78, 5) is 10.9. The van der Waals surface area contributed by atoms with Crippen LogP contribution in [0.15, 0.2) is 30.5 Å². The largest absolute Gasteiger partial charge is 0.499 e. The van der Waals surface area contributed by atoms with Gasteiger partial charge in [0.15, 0.2) is 0 Å². The van der Waals surface area contributed by atoms with Crippen molar-refractivity contribution in [3.05, 3.63) is 41.7 Å². The van der Waals surface area contributed by atoms with Crippen LogP contribution in [0.5, 0.6) is 0 Å². The van der Waals surface area contributed by atoms with Crippen LogP contribution in [0.3, 0.4) is 0 Å². The number of aliphatic hydroxyl groups excluding tert-OH is 1. The van der Waals surface area contributed by atoms with E-state index >= 15 is 0 Å². The molecule has 98 valence electrons. The first-order valence-electron chi connectivity index (χ1n) is 5.55. The summed E-state index contributed by atoms with van der Waals surface area (Å²) in [6, 6.07) is 6.67. The van der Waals surface area contributed by atoms with Crippen LogP contribution >= 0.6 is 0 Å². The van der Waals surface area contributed by atoms with E-state index in [0.29, 0.717) is 18.8 Å². The van der Waals surface area contributed by atoms with Gasteiger partial charge < -0.3 is 19.7 Å². The molecule has 5 nitrogen and oxygen atoms in total. The molecule has 1 aromatic rings. The van der Waals surface area contributed by atoms with Gasteiger partial charge in [-0.3, -0.25) is 0 Å². The fourth-order valence-corrected chi connectivity index (χ4v) is 1.30. The number of hydrogen-bond acceptors (Lipinski definition) is 4. The summed E-state index contributed by atoms with van der Waals surface area (Å²) in [6.45, 7) is 1.01.